The fraction of sp³-hybridized carbons (Fsp3) is 0.250. The van der Waals surface area contributed by atoms with Crippen molar-refractivity contribution in [2.45, 2.75) is 15.8 Å². The topological polar surface area (TPSA) is 27.1 Å². The van der Waals surface area contributed by atoms with E-state index in [9.17, 15) is 8.78 Å². The van der Waals surface area contributed by atoms with Crippen molar-refractivity contribution >= 4 is 82.6 Å². The van der Waals surface area contributed by atoms with Gasteiger partial charge >= 0.3 is 6.61 Å². The van der Waals surface area contributed by atoms with Crippen LogP contribution < -0.4 is 4.74 Å². The number of aromatic nitrogens is 2. The number of halogens is 8. The summed E-state index contributed by atoms with van der Waals surface area (Å²) in [6.45, 7) is -3.03. The highest BCUT2D eigenvalue weighted by Gasteiger charge is 2.24. The van der Waals surface area contributed by atoms with Crippen LogP contribution in [0.1, 0.15) is 9.30 Å². The van der Waals surface area contributed by atoms with Gasteiger partial charge in [0.15, 0.2) is 0 Å². The maximum atomic E-state index is 12.5. The van der Waals surface area contributed by atoms with Crippen LogP contribution in [-0.4, -0.2) is 16.4 Å². The highest BCUT2D eigenvalue weighted by Crippen LogP contribution is 2.43. The molecule has 0 saturated heterocycles. The molecule has 0 saturated carbocycles. The third kappa shape index (κ3) is 4.33. The van der Waals surface area contributed by atoms with Gasteiger partial charge in [0.1, 0.15) is 10.7 Å². The van der Waals surface area contributed by atoms with Gasteiger partial charge in [-0.2, -0.15) is 13.9 Å². The first-order valence-corrected chi connectivity index (χ1v) is 9.89. The summed E-state index contributed by atoms with van der Waals surface area (Å²) in [6.07, 6.45) is 0. The van der Waals surface area contributed by atoms with Gasteiger partial charge in [-0.05, 0) is 17.7 Å². The molecule has 1 aromatic carbocycles. The fourth-order valence-electron chi connectivity index (χ4n) is 1.79. The minimum Gasteiger partial charge on any atom is -0.415 e. The van der Waals surface area contributed by atoms with Crippen LogP contribution >= 0.6 is 82.6 Å². The fourth-order valence-corrected chi connectivity index (χ4v) is 4.01. The number of hydrogen-bond donors (Lipinski definition) is 0. The van der Waals surface area contributed by atoms with Crippen LogP contribution in [-0.2, 0) is 5.45 Å². The van der Waals surface area contributed by atoms with Gasteiger partial charge in [-0.25, -0.2) is 4.68 Å². The lowest BCUT2D eigenvalue weighted by Crippen LogP contribution is -2.07. The molecule has 0 aliphatic rings. The second-order valence-corrected chi connectivity index (χ2v) is 8.87. The molecule has 2 aromatic rings. The Morgan fingerprint density at radius 2 is 1.83 bits per heavy atom. The lowest BCUT2D eigenvalue weighted by atomic mass is 10.1. The summed E-state index contributed by atoms with van der Waals surface area (Å²) < 4.78 is 30.4. The molecular formula is C12H6Br3Cl3F2N2O. The zero-order valence-electron chi connectivity index (χ0n) is 10.8. The zero-order valence-corrected chi connectivity index (χ0v) is 17.9. The zero-order chi connectivity index (χ0) is 17.3. The molecule has 0 N–H and O–H groups in total. The van der Waals surface area contributed by atoms with Crippen molar-refractivity contribution in [3.05, 3.63) is 32.8 Å². The normalized spacial score (nSPS) is 11.6. The Morgan fingerprint density at radius 1 is 1.17 bits per heavy atom. The first-order valence-electron chi connectivity index (χ1n) is 5.80. The third-order valence-corrected chi connectivity index (χ3v) is 5.18. The number of rotatable bonds is 5. The maximum Gasteiger partial charge on any atom is 0.388 e. The summed E-state index contributed by atoms with van der Waals surface area (Å²) in [5.41, 5.74) is 1.46. The third-order valence-electron chi connectivity index (χ3n) is 2.74. The van der Waals surface area contributed by atoms with Crippen LogP contribution in [0.3, 0.4) is 0 Å². The summed E-state index contributed by atoms with van der Waals surface area (Å²) in [6, 6.07) is 3.19. The molecule has 23 heavy (non-hydrogen) atoms. The van der Waals surface area contributed by atoms with Crippen LogP contribution in [0.25, 0.3) is 11.3 Å². The Hall–Kier alpha value is 0.400. The van der Waals surface area contributed by atoms with Crippen LogP contribution in [0, 0.1) is 0 Å². The van der Waals surface area contributed by atoms with Gasteiger partial charge < -0.3 is 4.74 Å². The van der Waals surface area contributed by atoms with E-state index >= 15 is 0 Å². The van der Waals surface area contributed by atoms with E-state index in [1.807, 2.05) is 0 Å². The molecule has 1 aromatic heterocycles. The van der Waals surface area contributed by atoms with Gasteiger partial charge in [0.2, 0.25) is 5.88 Å². The molecule has 3 nitrogen and oxygen atoms in total. The highest BCUT2D eigenvalue weighted by atomic mass is 79.9. The summed E-state index contributed by atoms with van der Waals surface area (Å²) >= 11 is 28.3. The van der Waals surface area contributed by atoms with Crippen LogP contribution in [0.5, 0.6) is 5.88 Å². The molecule has 2 rings (SSSR count). The Morgan fingerprint density at radius 3 is 2.35 bits per heavy atom. The number of hydrogen-bond acceptors (Lipinski definition) is 2. The Kier molecular flexibility index (Phi) is 7.02. The van der Waals surface area contributed by atoms with Crippen LogP contribution in [0.15, 0.2) is 12.1 Å². The van der Waals surface area contributed by atoms with Crippen molar-refractivity contribution in [2.75, 3.05) is 0 Å². The van der Waals surface area contributed by atoms with Gasteiger partial charge in [-0.3, -0.25) is 0 Å². The van der Waals surface area contributed by atoms with E-state index in [0.717, 1.165) is 4.68 Å². The summed E-state index contributed by atoms with van der Waals surface area (Å²) in [4.78, 5) is 0. The molecular weight excluding hydrogens is 572 g/mol. The Bertz CT molecular complexity index is 728. The molecule has 0 amide bonds. The standard InChI is InChI=1S/C12H6Br3Cl3F2N2O/c13-3-22-11(23-12(19)20)8(18)9(21-22)4-1-5(10(14)15)7(17)2-6(4)16/h1-2,10,12H,3H2. The van der Waals surface area contributed by atoms with E-state index in [0.29, 0.717) is 16.1 Å². The second kappa shape index (κ2) is 8.19. The van der Waals surface area contributed by atoms with Crippen molar-refractivity contribution in [3.63, 3.8) is 0 Å². The van der Waals surface area contributed by atoms with Gasteiger partial charge in [-0.15, -0.1) is 0 Å². The molecule has 0 bridgehead atoms. The molecule has 0 fully saturated rings. The minimum atomic E-state index is -3.03. The van der Waals surface area contributed by atoms with E-state index in [2.05, 4.69) is 57.6 Å². The summed E-state index contributed by atoms with van der Waals surface area (Å²) in [7, 11) is 0. The largest absolute Gasteiger partial charge is 0.415 e. The van der Waals surface area contributed by atoms with Crippen molar-refractivity contribution in [1.29, 1.82) is 0 Å². The number of ether oxygens (including phenoxy) is 1. The summed E-state index contributed by atoms with van der Waals surface area (Å²) in [5.74, 6) is -0.254. The summed E-state index contributed by atoms with van der Waals surface area (Å²) in [5, 5.41) is 4.80. The molecule has 0 unspecified atom stereocenters. The average molecular weight is 578 g/mol. The molecule has 0 aliphatic carbocycles. The molecule has 0 radical (unpaired) electrons. The predicted molar refractivity (Wildman–Crippen MR) is 98.8 cm³/mol. The quantitative estimate of drug-likeness (QED) is 0.350. The molecule has 0 atom stereocenters. The van der Waals surface area contributed by atoms with Gasteiger partial charge in [0.25, 0.3) is 0 Å². The molecule has 11 heteroatoms. The van der Waals surface area contributed by atoms with Crippen molar-refractivity contribution in [3.8, 4) is 17.1 Å². The van der Waals surface area contributed by atoms with Gasteiger partial charge in [-0.1, -0.05) is 82.6 Å². The van der Waals surface area contributed by atoms with E-state index in [-0.39, 0.29) is 30.8 Å². The van der Waals surface area contributed by atoms with E-state index in [1.54, 1.807) is 6.07 Å². The lowest BCUT2D eigenvalue weighted by molar-refractivity contribution is -0.0552. The monoisotopic (exact) mass is 574 g/mol. The van der Waals surface area contributed by atoms with Crippen LogP contribution in [0.4, 0.5) is 8.78 Å². The van der Waals surface area contributed by atoms with Crippen LogP contribution in [0.2, 0.25) is 15.1 Å². The molecule has 0 spiro atoms. The van der Waals surface area contributed by atoms with Crippen molar-refractivity contribution in [2.24, 2.45) is 0 Å². The Balaban J connectivity index is 2.63. The number of nitrogens with zero attached hydrogens (tertiary/aromatic N) is 2. The lowest BCUT2D eigenvalue weighted by Gasteiger charge is -2.10. The first kappa shape index (κ1) is 19.7. The molecule has 0 aliphatic heterocycles. The SMILES string of the molecule is FC(F)Oc1c(Cl)c(-c2cc(C(Br)Br)c(Cl)cc2Cl)nn1CBr. The number of alkyl halides is 5. The van der Waals surface area contributed by atoms with E-state index < -0.39 is 6.61 Å². The highest BCUT2D eigenvalue weighted by molar-refractivity contribution is 9.24. The van der Waals surface area contributed by atoms with E-state index in [1.165, 1.54) is 6.07 Å². The van der Waals surface area contributed by atoms with Gasteiger partial charge in [0.05, 0.1) is 14.2 Å². The van der Waals surface area contributed by atoms with Crippen molar-refractivity contribution < 1.29 is 13.5 Å². The molecule has 1 heterocycles. The number of benzene rings is 1. The maximum absolute atomic E-state index is 12.5. The molecule has 126 valence electrons. The van der Waals surface area contributed by atoms with Crippen molar-refractivity contribution in [1.82, 2.24) is 9.78 Å². The second-order valence-electron chi connectivity index (χ2n) is 4.12. The van der Waals surface area contributed by atoms with Gasteiger partial charge in [0, 0.05) is 10.6 Å². The first-order chi connectivity index (χ1) is 10.8. The van der Waals surface area contributed by atoms with E-state index in [4.69, 9.17) is 34.8 Å². The Labute approximate surface area is 170 Å². The predicted octanol–water partition coefficient (Wildman–Crippen LogP) is 7.25. The smallest absolute Gasteiger partial charge is 0.388 e. The minimum absolute atomic E-state index is 0.0689. The average Bonchev–Trinajstić information content (AvgIpc) is 2.75.